The molecule has 3 aliphatic heterocycles. The summed E-state index contributed by atoms with van der Waals surface area (Å²) < 4.78 is 0. The summed E-state index contributed by atoms with van der Waals surface area (Å²) in [4.78, 5) is 231. The van der Waals surface area contributed by atoms with Gasteiger partial charge in [-0.05, 0) is 137 Å². The van der Waals surface area contributed by atoms with Gasteiger partial charge in [0.25, 0.3) is 0 Å². The van der Waals surface area contributed by atoms with Crippen LogP contribution in [0.25, 0.3) is 21.8 Å². The van der Waals surface area contributed by atoms with Crippen molar-refractivity contribution in [2.24, 2.45) is 35.0 Å². The monoisotopic (exact) mass is 1710 g/mol. The SMILES string of the molecule is CCCC[C@H]1C(=O)N(C)[C@@H](CCCC)C(=O)N[C@@H](CC(C)C)C(=O)NCCCCC(=O)N[C@@H](Cc2ccc(O)cc2)C(=O)N(C)[C@@H](C)C(=O)N[C@@H](CC(N)=O)C(=O)N2CCC[C@H]2C(=O)N[C@@H](CN)C(=O)N[C@@H](CC(C)C)C(=O)C2N[C@@H](C[C@H]2O)C(=O)C[C@@H](Cc2c[nH]c3ccccc23)C(=O)N[C@@H](CCN)C(=O)N[C@@H](Cc2c[nH]c3ccccc23)C(=O)N1C. The number of aromatic amines is 2. The number of carbonyl (C=O) groups excluding carboxylic acids is 15. The van der Waals surface area contributed by atoms with Gasteiger partial charge in [0.05, 0.1) is 30.7 Å². The zero-order chi connectivity index (χ0) is 90.1. The number of benzene rings is 3. The van der Waals surface area contributed by atoms with Crippen LogP contribution in [0.2, 0.25) is 0 Å². The van der Waals surface area contributed by atoms with E-state index in [-0.39, 0.29) is 127 Å². The van der Waals surface area contributed by atoms with E-state index in [1.54, 1.807) is 44.4 Å². The number of Topliss-reactive ketones (excluding diaryl/α,β-unsaturated/α-hetero) is 2. The highest BCUT2D eigenvalue weighted by Gasteiger charge is 2.47. The molecule has 3 saturated heterocycles. The minimum absolute atomic E-state index is 0.00367. The molecule has 0 saturated carbocycles. The first-order valence-electron chi connectivity index (χ1n) is 43.1. The quantitative estimate of drug-likeness (QED) is 0.0494. The zero-order valence-electron chi connectivity index (χ0n) is 72.4. The number of aromatic hydroxyl groups is 1. The summed E-state index contributed by atoms with van der Waals surface area (Å²) >= 11 is 0. The molecule has 1 unspecified atom stereocenters. The van der Waals surface area contributed by atoms with E-state index in [0.29, 0.717) is 42.4 Å². The normalized spacial score (nSPS) is 26.3. The second-order valence-electron chi connectivity index (χ2n) is 33.8. The van der Waals surface area contributed by atoms with Gasteiger partial charge in [0, 0.05) is 107 Å². The van der Waals surface area contributed by atoms with Crippen molar-refractivity contribution in [2.45, 2.75) is 262 Å². The van der Waals surface area contributed by atoms with Crippen LogP contribution in [0.5, 0.6) is 5.75 Å². The van der Waals surface area contributed by atoms with Gasteiger partial charge in [0.1, 0.15) is 66.2 Å². The van der Waals surface area contributed by atoms with Crippen molar-refractivity contribution >= 4 is 110 Å². The van der Waals surface area contributed by atoms with E-state index >= 15 is 19.2 Å². The topological polar surface area (TPSA) is 527 Å². The zero-order valence-corrected chi connectivity index (χ0v) is 72.4. The maximum atomic E-state index is 15.7. The molecule has 672 valence electrons. The van der Waals surface area contributed by atoms with Crippen molar-refractivity contribution in [1.82, 2.24) is 77.4 Å². The maximum Gasteiger partial charge on any atom is 0.246 e. The lowest BCUT2D eigenvalue weighted by Crippen LogP contribution is -2.61. The summed E-state index contributed by atoms with van der Waals surface area (Å²) in [5, 5.41) is 48.5. The number of nitrogens with two attached hydrogens (primary N) is 3. The van der Waals surface area contributed by atoms with Gasteiger partial charge in [0.2, 0.25) is 76.8 Å². The summed E-state index contributed by atoms with van der Waals surface area (Å²) in [7, 11) is 4.22. The molecule has 0 spiro atoms. The largest absolute Gasteiger partial charge is 0.508 e. The number of likely N-dealkylation sites (N-methyl/N-ethyl adjacent to an activating group) is 3. The second-order valence-corrected chi connectivity index (χ2v) is 33.8. The molecule has 13 amide bonds. The molecule has 2 bridgehead atoms. The first-order chi connectivity index (χ1) is 58.6. The molecule has 8 rings (SSSR count). The van der Waals surface area contributed by atoms with Crippen LogP contribution in [-0.2, 0) is 91.2 Å². The minimum Gasteiger partial charge on any atom is -0.508 e. The number of primary amides is 1. The van der Waals surface area contributed by atoms with E-state index in [4.69, 9.17) is 17.2 Å². The third kappa shape index (κ3) is 26.7. The molecule has 35 heteroatoms. The number of nitrogens with zero attached hydrogens (tertiary/aromatic N) is 4. The molecule has 0 radical (unpaired) electrons. The highest BCUT2D eigenvalue weighted by atomic mass is 16.3. The summed E-state index contributed by atoms with van der Waals surface area (Å²) in [5.41, 5.74) is 21.3. The molecule has 35 nitrogen and oxygen atoms in total. The smallest absolute Gasteiger partial charge is 0.246 e. The number of nitrogens with one attached hydrogen (secondary N) is 11. The van der Waals surface area contributed by atoms with Crippen LogP contribution in [0.3, 0.4) is 0 Å². The molecule has 5 heterocycles. The van der Waals surface area contributed by atoms with E-state index in [2.05, 4.69) is 57.8 Å². The number of para-hydroxylation sites is 2. The molecule has 15 atom stereocenters. The van der Waals surface area contributed by atoms with Crippen LogP contribution in [-0.4, -0.2) is 260 Å². The predicted octanol–water partition coefficient (Wildman–Crippen LogP) is 1.46. The predicted molar refractivity (Wildman–Crippen MR) is 460 cm³/mol. The van der Waals surface area contributed by atoms with E-state index in [1.165, 1.54) is 50.0 Å². The summed E-state index contributed by atoms with van der Waals surface area (Å²) in [5.74, 6) is -13.0. The number of aliphatic hydroxyl groups is 1. The highest BCUT2D eigenvalue weighted by Crippen LogP contribution is 2.29. The lowest BCUT2D eigenvalue weighted by molar-refractivity contribution is -0.149. The number of fused-ring (bicyclic) bond motifs is 5. The third-order valence-electron chi connectivity index (χ3n) is 23.5. The van der Waals surface area contributed by atoms with Crippen LogP contribution in [0.1, 0.15) is 174 Å². The van der Waals surface area contributed by atoms with Crippen LogP contribution in [0.15, 0.2) is 85.2 Å². The average molecular weight is 1710 g/mol. The summed E-state index contributed by atoms with van der Waals surface area (Å²) in [6.45, 7) is 11.8. The molecule has 0 aliphatic carbocycles. The molecule has 123 heavy (non-hydrogen) atoms. The Bertz CT molecular complexity index is 4530. The van der Waals surface area contributed by atoms with Crippen molar-refractivity contribution < 1.29 is 82.1 Å². The van der Waals surface area contributed by atoms with Gasteiger partial charge < -0.3 is 99.5 Å². The first kappa shape index (κ1) is 97.3. The van der Waals surface area contributed by atoms with Crippen molar-refractivity contribution in [1.29, 1.82) is 0 Å². The number of carbonyl (C=O) groups is 15. The van der Waals surface area contributed by atoms with E-state index in [1.807, 2.05) is 70.2 Å². The molecular weight excluding hydrogens is 1580 g/mol. The molecule has 3 fully saturated rings. The number of aliphatic hydroxyl groups excluding tert-OH is 1. The third-order valence-corrected chi connectivity index (χ3v) is 23.5. The number of H-pyrrole nitrogens is 2. The Balaban J connectivity index is 1.13. The van der Waals surface area contributed by atoms with E-state index in [9.17, 15) is 63.0 Å². The van der Waals surface area contributed by atoms with Gasteiger partial charge in [-0.15, -0.1) is 0 Å². The van der Waals surface area contributed by atoms with Gasteiger partial charge in [-0.2, -0.15) is 0 Å². The fraction of sp³-hybridized carbons (Fsp3) is 0.580. The summed E-state index contributed by atoms with van der Waals surface area (Å²) in [6.07, 6.45) is 3.04. The summed E-state index contributed by atoms with van der Waals surface area (Å²) in [6, 6.07) is 2.90. The lowest BCUT2D eigenvalue weighted by atomic mass is 9.90. The maximum absolute atomic E-state index is 15.7. The molecule has 3 aromatic carbocycles. The van der Waals surface area contributed by atoms with Crippen LogP contribution >= 0.6 is 0 Å². The Morgan fingerprint density at radius 1 is 0.545 bits per heavy atom. The fourth-order valence-electron chi connectivity index (χ4n) is 16.3. The Labute approximate surface area is 717 Å². The molecular formula is C88H128N18O17. The van der Waals surface area contributed by atoms with E-state index < -0.39 is 198 Å². The Kier molecular flexibility index (Phi) is 36.7. The number of phenols is 1. The van der Waals surface area contributed by atoms with Crippen molar-refractivity contribution in [3.63, 3.8) is 0 Å². The Hall–Kier alpha value is -11.2. The van der Waals surface area contributed by atoms with Gasteiger partial charge >= 0.3 is 0 Å². The number of hydrogen-bond acceptors (Lipinski definition) is 20. The second kappa shape index (κ2) is 46.4. The number of unbranched alkanes of at least 4 members (excludes halogenated alkanes) is 2. The number of aromatic nitrogens is 2. The Morgan fingerprint density at radius 3 is 1.70 bits per heavy atom. The van der Waals surface area contributed by atoms with Crippen LogP contribution in [0.4, 0.5) is 0 Å². The van der Waals surface area contributed by atoms with Crippen molar-refractivity contribution in [3.05, 3.63) is 102 Å². The standard InChI is InChI=1S/C88H128N18O17/c1-11-13-26-69-83(118)99-64(39-50(5)6)80(115)92-36-20-19-29-75(111)95-65(40-52-30-32-56(107)33-31-52)85(120)103(8)51(7)78(113)100-67(45-74(91)110)87(122)106-37-21-28-70(106)84(119)102-68(46-90)82(117)98-63(38-49(3)4)77(112)76-73(109)44-62(96-76)72(108)43-53(41-54-47-93-59-24-17-15-22-57(54)59)79(114)97-61(34-35-89)81(116)101-66(42-55-48-94-60-25-18-16-23-58(55)60)86(121)105(10)71(27-14-12-2)88(123)104(69)9/h15-18,22-25,30-33,47-51,53,61-71,73,76,93-94,96,107,109H,11-14,19-21,26-29,34-46,89-90H2,1-10H3,(H2,91,110)(H,92,115)(H,95,111)(H,97,114)(H,98,117)(H,99,118)(H,100,113)(H,101,116)(H,102,119)/t51-,53+,61-,62-,63-,64-,65-,66-,67-,68-,69-,70-,71-,73+,76?/m0/s1. The van der Waals surface area contributed by atoms with Crippen molar-refractivity contribution in [3.8, 4) is 5.75 Å². The number of ketones is 2. The van der Waals surface area contributed by atoms with Gasteiger partial charge in [-0.25, -0.2) is 0 Å². The van der Waals surface area contributed by atoms with Crippen LogP contribution in [0, 0.1) is 17.8 Å². The minimum atomic E-state index is -1.69. The Morgan fingerprint density at radius 2 is 1.09 bits per heavy atom. The molecule has 3 aliphatic rings. The van der Waals surface area contributed by atoms with Crippen LogP contribution < -0.4 is 65.1 Å². The number of hydrogen-bond donors (Lipinski definition) is 16. The van der Waals surface area contributed by atoms with Crippen molar-refractivity contribution in [2.75, 3.05) is 47.3 Å². The molecule has 2 aromatic heterocycles. The van der Waals surface area contributed by atoms with Gasteiger partial charge in [-0.3, -0.25) is 77.2 Å². The molecule has 5 aromatic rings. The van der Waals surface area contributed by atoms with E-state index in [0.717, 1.165) is 31.6 Å². The lowest BCUT2D eigenvalue weighted by Gasteiger charge is -2.36. The number of phenolic OH excluding ortho intramolecular Hbond substituents is 1. The average Bonchev–Trinajstić information content (AvgIpc) is 1.73. The fourth-order valence-corrected chi connectivity index (χ4v) is 16.3. The first-order valence-corrected chi connectivity index (χ1v) is 43.1. The number of amides is 13. The van der Waals surface area contributed by atoms with Gasteiger partial charge in [-0.1, -0.05) is 116 Å². The van der Waals surface area contributed by atoms with Gasteiger partial charge in [0.15, 0.2) is 11.6 Å². The number of rotatable bonds is 21. The highest BCUT2D eigenvalue weighted by molar-refractivity contribution is 6.02. The molecule has 19 N–H and O–H groups in total.